The second kappa shape index (κ2) is 8.85. The highest BCUT2D eigenvalue weighted by atomic mass is 35.5. The Balaban J connectivity index is 1.84. The fourth-order valence-corrected chi connectivity index (χ4v) is 4.58. The van der Waals surface area contributed by atoms with E-state index in [4.69, 9.17) is 11.6 Å². The Morgan fingerprint density at radius 1 is 1.33 bits per heavy atom. The molecule has 27 heavy (non-hydrogen) atoms. The molecule has 1 amide bonds. The fourth-order valence-electron chi connectivity index (χ4n) is 3.39. The number of carbonyl (C=O) groups excluding carboxylic acids is 1. The maximum atomic E-state index is 12.5. The third-order valence-corrected chi connectivity index (χ3v) is 6.23. The molecule has 0 saturated carbocycles. The summed E-state index contributed by atoms with van der Waals surface area (Å²) in [6, 6.07) is 7.23. The second-order valence-corrected chi connectivity index (χ2v) is 8.25. The molecule has 1 aliphatic rings. The van der Waals surface area contributed by atoms with Crippen molar-refractivity contribution >= 4 is 34.8 Å². The van der Waals surface area contributed by atoms with Crippen molar-refractivity contribution in [3.63, 3.8) is 0 Å². The van der Waals surface area contributed by atoms with Gasteiger partial charge in [-0.2, -0.15) is 0 Å². The molecule has 1 aromatic heterocycles. The van der Waals surface area contributed by atoms with Crippen molar-refractivity contribution in [3.8, 4) is 0 Å². The summed E-state index contributed by atoms with van der Waals surface area (Å²) >= 11 is 7.12. The number of aromatic nitrogens is 1. The monoisotopic (exact) mass is 406 g/mol. The minimum absolute atomic E-state index is 0.101. The number of rotatable bonds is 7. The maximum Gasteiger partial charge on any atom is 0.347 e. The van der Waals surface area contributed by atoms with Crippen LogP contribution in [-0.4, -0.2) is 33.4 Å². The zero-order chi connectivity index (χ0) is 19.4. The highest BCUT2D eigenvalue weighted by molar-refractivity contribution is 7.13. The average molecular weight is 407 g/mol. The van der Waals surface area contributed by atoms with E-state index >= 15 is 0 Å². The molecule has 0 unspecified atom stereocenters. The lowest BCUT2D eigenvalue weighted by molar-refractivity contribution is -0.132. The number of nitrogens with zero attached hydrogens (tertiary/aromatic N) is 2. The molecule has 2 aromatic rings. The zero-order valence-corrected chi connectivity index (χ0v) is 16.9. The lowest BCUT2D eigenvalue weighted by Gasteiger charge is -2.23. The molecule has 3 rings (SSSR count). The number of hydrogen-bond donors (Lipinski definition) is 1. The standard InChI is InChI=1S/C20H23ClN2O3S/c1-2-3-6-17(24)23-11-4-5-16(23)19-22-15(18(27-19)20(25)26)12-13-7-9-14(21)10-8-13/h7-10,16H,2-6,11-12H2,1H3,(H,25,26)/t16-/m0/s1. The number of benzene rings is 1. The van der Waals surface area contributed by atoms with Gasteiger partial charge in [-0.15, -0.1) is 11.3 Å². The number of unbranched alkanes of at least 4 members (excludes halogenated alkanes) is 1. The molecule has 1 aromatic carbocycles. The molecule has 144 valence electrons. The summed E-state index contributed by atoms with van der Waals surface area (Å²) in [6.45, 7) is 2.79. The SMILES string of the molecule is CCCCC(=O)N1CCC[C@H]1c1nc(Cc2ccc(Cl)cc2)c(C(=O)O)s1. The Morgan fingerprint density at radius 3 is 2.74 bits per heavy atom. The van der Waals surface area contributed by atoms with Gasteiger partial charge in [0.15, 0.2) is 0 Å². The molecule has 5 nitrogen and oxygen atoms in total. The first-order chi connectivity index (χ1) is 13.0. The first kappa shape index (κ1) is 19.8. The van der Waals surface area contributed by atoms with Crippen molar-refractivity contribution in [1.29, 1.82) is 0 Å². The predicted octanol–water partition coefficient (Wildman–Crippen LogP) is 4.94. The predicted molar refractivity (Wildman–Crippen MR) is 107 cm³/mol. The van der Waals surface area contributed by atoms with Gasteiger partial charge < -0.3 is 10.0 Å². The average Bonchev–Trinajstić information content (AvgIpc) is 3.28. The number of thiazole rings is 1. The Bertz CT molecular complexity index is 819. The van der Waals surface area contributed by atoms with E-state index in [1.165, 1.54) is 11.3 Å². The minimum Gasteiger partial charge on any atom is -0.477 e. The zero-order valence-electron chi connectivity index (χ0n) is 15.3. The van der Waals surface area contributed by atoms with Crippen LogP contribution in [0.2, 0.25) is 5.02 Å². The molecule has 0 spiro atoms. The molecule has 1 aliphatic heterocycles. The van der Waals surface area contributed by atoms with E-state index < -0.39 is 5.97 Å². The van der Waals surface area contributed by atoms with Crippen LogP contribution in [0.15, 0.2) is 24.3 Å². The fraction of sp³-hybridized carbons (Fsp3) is 0.450. The van der Waals surface area contributed by atoms with Gasteiger partial charge in [0.1, 0.15) is 9.88 Å². The van der Waals surface area contributed by atoms with E-state index in [1.807, 2.05) is 17.0 Å². The maximum absolute atomic E-state index is 12.5. The second-order valence-electron chi connectivity index (χ2n) is 6.79. The summed E-state index contributed by atoms with van der Waals surface area (Å²) in [5.74, 6) is -0.824. The van der Waals surface area contributed by atoms with Crippen LogP contribution in [-0.2, 0) is 11.2 Å². The number of aromatic carboxylic acids is 1. The van der Waals surface area contributed by atoms with Gasteiger partial charge in [-0.25, -0.2) is 9.78 Å². The van der Waals surface area contributed by atoms with Crippen LogP contribution in [0.4, 0.5) is 0 Å². The van der Waals surface area contributed by atoms with Crippen molar-refractivity contribution in [1.82, 2.24) is 9.88 Å². The molecule has 1 saturated heterocycles. The third-order valence-electron chi connectivity index (χ3n) is 4.80. The molecule has 1 fully saturated rings. The topological polar surface area (TPSA) is 70.5 Å². The van der Waals surface area contributed by atoms with Crippen LogP contribution < -0.4 is 0 Å². The lowest BCUT2D eigenvalue weighted by atomic mass is 10.1. The number of carbonyl (C=O) groups is 2. The summed E-state index contributed by atoms with van der Waals surface area (Å²) in [5, 5.41) is 11.0. The van der Waals surface area contributed by atoms with E-state index in [0.29, 0.717) is 23.6 Å². The molecular formula is C20H23ClN2O3S. The summed E-state index contributed by atoms with van der Waals surface area (Å²) in [5.41, 5.74) is 1.51. The molecule has 7 heteroatoms. The first-order valence-electron chi connectivity index (χ1n) is 9.26. The van der Waals surface area contributed by atoms with Gasteiger partial charge in [0.25, 0.3) is 0 Å². The number of hydrogen-bond acceptors (Lipinski definition) is 4. The molecular weight excluding hydrogens is 384 g/mol. The van der Waals surface area contributed by atoms with Crippen LogP contribution in [0.25, 0.3) is 0 Å². The van der Waals surface area contributed by atoms with Crippen molar-refractivity contribution in [3.05, 3.63) is 50.4 Å². The number of carboxylic acids is 1. The van der Waals surface area contributed by atoms with E-state index in [2.05, 4.69) is 11.9 Å². The molecule has 0 radical (unpaired) electrons. The van der Waals surface area contributed by atoms with Crippen LogP contribution in [0.1, 0.15) is 71.0 Å². The van der Waals surface area contributed by atoms with E-state index in [1.54, 1.807) is 12.1 Å². The first-order valence-corrected chi connectivity index (χ1v) is 10.5. The number of halogens is 1. The summed E-state index contributed by atoms with van der Waals surface area (Å²) in [6.07, 6.45) is 4.60. The van der Waals surface area contributed by atoms with Crippen LogP contribution in [0.3, 0.4) is 0 Å². The lowest BCUT2D eigenvalue weighted by Crippen LogP contribution is -2.30. The molecule has 2 heterocycles. The van der Waals surface area contributed by atoms with E-state index in [9.17, 15) is 14.7 Å². The van der Waals surface area contributed by atoms with Gasteiger partial charge >= 0.3 is 5.97 Å². The number of likely N-dealkylation sites (tertiary alicyclic amines) is 1. The van der Waals surface area contributed by atoms with Gasteiger partial charge in [0.05, 0.1) is 11.7 Å². The van der Waals surface area contributed by atoms with Crippen molar-refractivity contribution in [2.75, 3.05) is 6.54 Å². The molecule has 0 aliphatic carbocycles. The van der Waals surface area contributed by atoms with Gasteiger partial charge in [-0.3, -0.25) is 4.79 Å². The highest BCUT2D eigenvalue weighted by Gasteiger charge is 2.33. The molecule has 1 N–H and O–H groups in total. The van der Waals surface area contributed by atoms with E-state index in [-0.39, 0.29) is 16.8 Å². The van der Waals surface area contributed by atoms with Gasteiger partial charge in [-0.05, 0) is 37.0 Å². The summed E-state index contributed by atoms with van der Waals surface area (Å²) in [4.78, 5) is 31.0. The number of carboxylic acid groups (broad SMARTS) is 1. The van der Waals surface area contributed by atoms with Crippen LogP contribution in [0.5, 0.6) is 0 Å². The Morgan fingerprint density at radius 2 is 2.07 bits per heavy atom. The third kappa shape index (κ3) is 4.68. The number of amides is 1. The van der Waals surface area contributed by atoms with Crippen molar-refractivity contribution in [2.24, 2.45) is 0 Å². The largest absolute Gasteiger partial charge is 0.477 e. The van der Waals surface area contributed by atoms with Crippen LogP contribution in [0, 0.1) is 0 Å². The quantitative estimate of drug-likeness (QED) is 0.706. The highest BCUT2D eigenvalue weighted by Crippen LogP contribution is 2.36. The molecule has 1 atom stereocenters. The van der Waals surface area contributed by atoms with Gasteiger partial charge in [-0.1, -0.05) is 37.1 Å². The minimum atomic E-state index is -0.968. The summed E-state index contributed by atoms with van der Waals surface area (Å²) < 4.78 is 0. The smallest absolute Gasteiger partial charge is 0.347 e. The Kier molecular flexibility index (Phi) is 6.50. The summed E-state index contributed by atoms with van der Waals surface area (Å²) in [7, 11) is 0. The van der Waals surface area contributed by atoms with Gasteiger partial charge in [0, 0.05) is 24.4 Å². The van der Waals surface area contributed by atoms with E-state index in [0.717, 1.165) is 42.8 Å². The van der Waals surface area contributed by atoms with Gasteiger partial charge in [0.2, 0.25) is 5.91 Å². The van der Waals surface area contributed by atoms with Crippen molar-refractivity contribution < 1.29 is 14.7 Å². The Labute approximate surface area is 168 Å². The van der Waals surface area contributed by atoms with Crippen molar-refractivity contribution in [2.45, 2.75) is 51.5 Å². The Hall–Kier alpha value is -1.92. The normalized spacial score (nSPS) is 16.7. The molecule has 0 bridgehead atoms. The van der Waals surface area contributed by atoms with Crippen LogP contribution >= 0.6 is 22.9 Å².